The van der Waals surface area contributed by atoms with Gasteiger partial charge in [0.25, 0.3) is 0 Å². The highest BCUT2D eigenvalue weighted by Gasteiger charge is 2.12. The topological polar surface area (TPSA) is 67.6 Å². The van der Waals surface area contributed by atoms with Gasteiger partial charge in [0.05, 0.1) is 6.04 Å². The van der Waals surface area contributed by atoms with Crippen LogP contribution in [0.15, 0.2) is 30.3 Å². The molecule has 1 aromatic carbocycles. The van der Waals surface area contributed by atoms with Gasteiger partial charge in [-0.15, -0.1) is 0 Å². The summed E-state index contributed by atoms with van der Waals surface area (Å²) in [5.41, 5.74) is 7.00. The fourth-order valence-corrected chi connectivity index (χ4v) is 1.31. The van der Waals surface area contributed by atoms with E-state index in [9.17, 15) is 0 Å². The highest BCUT2D eigenvalue weighted by molar-refractivity contribution is 5.23. The van der Waals surface area contributed by atoms with E-state index in [-0.39, 0.29) is 6.04 Å². The molecule has 2 rings (SSSR count). The van der Waals surface area contributed by atoms with Crippen LogP contribution in [0.1, 0.15) is 23.3 Å². The summed E-state index contributed by atoms with van der Waals surface area (Å²) in [7, 11) is 0. The molecule has 0 unspecified atom stereocenters. The first kappa shape index (κ1) is 8.90. The lowest BCUT2D eigenvalue weighted by Gasteiger charge is -2.06. The van der Waals surface area contributed by atoms with Crippen molar-refractivity contribution in [3.8, 4) is 0 Å². The van der Waals surface area contributed by atoms with Gasteiger partial charge < -0.3 is 5.73 Å². The number of hydrogen-bond acceptors (Lipinski definition) is 3. The fraction of sp³-hybridized carbons (Fsp3) is 0.200. The van der Waals surface area contributed by atoms with Gasteiger partial charge >= 0.3 is 0 Å². The van der Waals surface area contributed by atoms with Gasteiger partial charge in [0.1, 0.15) is 5.82 Å². The molecule has 0 aliphatic heterocycles. The molecule has 0 fully saturated rings. The normalized spacial score (nSPS) is 12.7. The molecule has 72 valence electrons. The summed E-state index contributed by atoms with van der Waals surface area (Å²) in [4.78, 5) is 4.20. The van der Waals surface area contributed by atoms with E-state index in [1.165, 1.54) is 0 Å². The zero-order chi connectivity index (χ0) is 9.97. The Balaban J connectivity index is 2.29. The number of aryl methyl sites for hydroxylation is 1. The summed E-state index contributed by atoms with van der Waals surface area (Å²) in [6, 6.07) is 9.55. The van der Waals surface area contributed by atoms with Crippen LogP contribution in [0.3, 0.4) is 0 Å². The van der Waals surface area contributed by atoms with Crippen LogP contribution >= 0.6 is 0 Å². The van der Waals surface area contributed by atoms with Crippen LogP contribution in [0, 0.1) is 6.92 Å². The van der Waals surface area contributed by atoms with Gasteiger partial charge in [0.2, 0.25) is 0 Å². The third kappa shape index (κ3) is 1.65. The zero-order valence-electron chi connectivity index (χ0n) is 7.94. The molecule has 0 bridgehead atoms. The van der Waals surface area contributed by atoms with E-state index >= 15 is 0 Å². The highest BCUT2D eigenvalue weighted by atomic mass is 15.2. The lowest BCUT2D eigenvalue weighted by atomic mass is 10.1. The molecule has 14 heavy (non-hydrogen) atoms. The van der Waals surface area contributed by atoms with Gasteiger partial charge in [0, 0.05) is 0 Å². The van der Waals surface area contributed by atoms with E-state index in [4.69, 9.17) is 5.73 Å². The maximum absolute atomic E-state index is 5.98. The molecular weight excluding hydrogens is 176 g/mol. The largest absolute Gasteiger partial charge is 0.318 e. The molecule has 2 aromatic rings. The second-order valence-corrected chi connectivity index (χ2v) is 3.17. The van der Waals surface area contributed by atoms with E-state index in [1.807, 2.05) is 37.3 Å². The molecule has 1 heterocycles. The van der Waals surface area contributed by atoms with Gasteiger partial charge in [-0.05, 0) is 12.5 Å². The molecule has 4 heteroatoms. The average molecular weight is 188 g/mol. The summed E-state index contributed by atoms with van der Waals surface area (Å²) >= 11 is 0. The maximum atomic E-state index is 5.98. The lowest BCUT2D eigenvalue weighted by Crippen LogP contribution is -2.13. The Labute approximate surface area is 82.2 Å². The molecule has 0 saturated carbocycles. The van der Waals surface area contributed by atoms with Crippen LogP contribution in [0.5, 0.6) is 0 Å². The molecule has 0 spiro atoms. The van der Waals surface area contributed by atoms with Crippen molar-refractivity contribution in [2.24, 2.45) is 5.73 Å². The highest BCUT2D eigenvalue weighted by Crippen LogP contribution is 2.14. The van der Waals surface area contributed by atoms with E-state index in [1.54, 1.807) is 0 Å². The maximum Gasteiger partial charge on any atom is 0.171 e. The molecule has 1 aromatic heterocycles. The van der Waals surface area contributed by atoms with Crippen molar-refractivity contribution in [3.05, 3.63) is 47.5 Å². The van der Waals surface area contributed by atoms with Crippen molar-refractivity contribution in [2.45, 2.75) is 13.0 Å². The van der Waals surface area contributed by atoms with Crippen molar-refractivity contribution in [3.63, 3.8) is 0 Å². The molecule has 0 aliphatic rings. The van der Waals surface area contributed by atoms with Gasteiger partial charge in [-0.3, -0.25) is 5.10 Å². The molecule has 0 radical (unpaired) electrons. The Kier molecular flexibility index (Phi) is 2.28. The predicted octanol–water partition coefficient (Wildman–Crippen LogP) is 1.16. The number of H-pyrrole nitrogens is 1. The summed E-state index contributed by atoms with van der Waals surface area (Å²) in [6.07, 6.45) is 0. The zero-order valence-corrected chi connectivity index (χ0v) is 7.94. The van der Waals surface area contributed by atoms with Crippen molar-refractivity contribution >= 4 is 0 Å². The molecule has 1 atom stereocenters. The third-order valence-electron chi connectivity index (χ3n) is 2.05. The van der Waals surface area contributed by atoms with E-state index in [2.05, 4.69) is 15.2 Å². The molecule has 4 nitrogen and oxygen atoms in total. The van der Waals surface area contributed by atoms with E-state index in [0.29, 0.717) is 5.82 Å². The Bertz CT molecular complexity index is 407. The number of benzene rings is 1. The third-order valence-corrected chi connectivity index (χ3v) is 2.05. The molecule has 0 amide bonds. The number of hydrogen-bond donors (Lipinski definition) is 2. The van der Waals surface area contributed by atoms with Gasteiger partial charge in [-0.1, -0.05) is 30.3 Å². The molecule has 0 aliphatic carbocycles. The minimum absolute atomic E-state index is 0.249. The summed E-state index contributed by atoms with van der Waals surface area (Å²) in [5, 5.41) is 6.81. The summed E-state index contributed by atoms with van der Waals surface area (Å²) in [5.74, 6) is 1.42. The standard InChI is InChI=1S/C10H12N4/c1-7-12-10(14-13-7)9(11)8-5-3-2-4-6-8/h2-6,9H,11H2,1H3,(H,12,13,14)/t9-/m0/s1. The van der Waals surface area contributed by atoms with Crippen LogP contribution in [0.25, 0.3) is 0 Å². The Morgan fingerprint density at radius 1 is 1.29 bits per heavy atom. The fourth-order valence-electron chi connectivity index (χ4n) is 1.31. The van der Waals surface area contributed by atoms with Crippen LogP contribution in [-0.2, 0) is 0 Å². The quantitative estimate of drug-likeness (QED) is 0.743. The second kappa shape index (κ2) is 3.59. The van der Waals surface area contributed by atoms with Crippen molar-refractivity contribution in [2.75, 3.05) is 0 Å². The Morgan fingerprint density at radius 2 is 2.00 bits per heavy atom. The number of nitrogens with one attached hydrogen (secondary N) is 1. The van der Waals surface area contributed by atoms with Crippen LogP contribution in [0.2, 0.25) is 0 Å². The minimum atomic E-state index is -0.249. The number of nitrogens with zero attached hydrogens (tertiary/aromatic N) is 2. The lowest BCUT2D eigenvalue weighted by molar-refractivity contribution is 0.787. The number of aromatic amines is 1. The number of nitrogens with two attached hydrogens (primary N) is 1. The van der Waals surface area contributed by atoms with Crippen LogP contribution < -0.4 is 5.73 Å². The summed E-state index contributed by atoms with van der Waals surface area (Å²) in [6.45, 7) is 1.86. The van der Waals surface area contributed by atoms with Crippen molar-refractivity contribution in [1.29, 1.82) is 0 Å². The van der Waals surface area contributed by atoms with Crippen molar-refractivity contribution in [1.82, 2.24) is 15.2 Å². The van der Waals surface area contributed by atoms with Crippen LogP contribution in [0.4, 0.5) is 0 Å². The smallest absolute Gasteiger partial charge is 0.171 e. The monoisotopic (exact) mass is 188 g/mol. The second-order valence-electron chi connectivity index (χ2n) is 3.17. The first-order valence-electron chi connectivity index (χ1n) is 4.47. The van der Waals surface area contributed by atoms with E-state index in [0.717, 1.165) is 11.4 Å². The minimum Gasteiger partial charge on any atom is -0.318 e. The Morgan fingerprint density at radius 3 is 2.57 bits per heavy atom. The first-order valence-corrected chi connectivity index (χ1v) is 4.47. The number of aromatic nitrogens is 3. The first-order chi connectivity index (χ1) is 6.77. The number of rotatable bonds is 2. The van der Waals surface area contributed by atoms with Crippen molar-refractivity contribution < 1.29 is 0 Å². The van der Waals surface area contributed by atoms with Gasteiger partial charge in [-0.25, -0.2) is 4.98 Å². The SMILES string of the molecule is Cc1nc([C@@H](N)c2ccccc2)n[nH]1. The molecule has 0 saturated heterocycles. The van der Waals surface area contributed by atoms with Crippen LogP contribution in [-0.4, -0.2) is 15.2 Å². The van der Waals surface area contributed by atoms with Gasteiger partial charge in [-0.2, -0.15) is 5.10 Å². The molecular formula is C10H12N4. The Hall–Kier alpha value is -1.68. The molecule has 3 N–H and O–H groups in total. The average Bonchev–Trinajstić information content (AvgIpc) is 2.65. The predicted molar refractivity (Wildman–Crippen MR) is 53.6 cm³/mol. The van der Waals surface area contributed by atoms with E-state index < -0.39 is 0 Å². The van der Waals surface area contributed by atoms with Gasteiger partial charge in [0.15, 0.2) is 5.82 Å². The summed E-state index contributed by atoms with van der Waals surface area (Å²) < 4.78 is 0.